The summed E-state index contributed by atoms with van der Waals surface area (Å²) in [5, 5.41) is 21.2. The van der Waals surface area contributed by atoms with Gasteiger partial charge in [-0.3, -0.25) is 0 Å². The van der Waals surface area contributed by atoms with Gasteiger partial charge in [0.25, 0.3) is 0 Å². The molecule has 5 heteroatoms. The largest absolute Gasteiger partial charge is 0.504 e. The van der Waals surface area contributed by atoms with Gasteiger partial charge in [-0.05, 0) is 73.6 Å². The Morgan fingerprint density at radius 2 is 1.97 bits per heavy atom. The van der Waals surface area contributed by atoms with Crippen molar-refractivity contribution in [3.8, 4) is 11.5 Å². The number of phenolic OH excluding ortho intramolecular Hbond substituents is 1. The zero-order chi connectivity index (χ0) is 22.1. The summed E-state index contributed by atoms with van der Waals surface area (Å²) in [4.78, 5) is 12.8. The van der Waals surface area contributed by atoms with E-state index in [1.807, 2.05) is 6.92 Å². The second-order valence-corrected chi connectivity index (χ2v) is 9.96. The van der Waals surface area contributed by atoms with Crippen LogP contribution in [-0.2, 0) is 9.53 Å². The first-order valence-corrected chi connectivity index (χ1v) is 11.1. The van der Waals surface area contributed by atoms with Crippen molar-refractivity contribution in [2.24, 2.45) is 23.2 Å². The quantitative estimate of drug-likeness (QED) is 0.525. The number of aromatic hydroxyl groups is 1. The van der Waals surface area contributed by atoms with Gasteiger partial charge in [-0.25, -0.2) is 4.79 Å². The number of methoxy groups -OCH3 is 1. The van der Waals surface area contributed by atoms with E-state index in [9.17, 15) is 15.0 Å². The lowest BCUT2D eigenvalue weighted by atomic mass is 9.51. The SMILES string of the molecule is COc1ccc(C=CC(=O)O[C@H]2[C@@H]3[C@](C)(CCC[C@]3(C)O)CC[C@H]2C(C)C)cc1O. The first-order valence-electron chi connectivity index (χ1n) is 11.1. The highest BCUT2D eigenvalue weighted by molar-refractivity contribution is 5.87. The molecule has 2 N–H and O–H groups in total. The van der Waals surface area contributed by atoms with E-state index in [4.69, 9.17) is 9.47 Å². The van der Waals surface area contributed by atoms with Gasteiger partial charge < -0.3 is 19.7 Å². The van der Waals surface area contributed by atoms with E-state index in [1.165, 1.54) is 13.2 Å². The van der Waals surface area contributed by atoms with Gasteiger partial charge in [-0.2, -0.15) is 0 Å². The number of hydrogen-bond acceptors (Lipinski definition) is 5. The zero-order valence-corrected chi connectivity index (χ0v) is 18.9. The fourth-order valence-corrected chi connectivity index (χ4v) is 5.87. The fourth-order valence-electron chi connectivity index (χ4n) is 5.87. The molecule has 2 saturated carbocycles. The van der Waals surface area contributed by atoms with E-state index in [-0.39, 0.29) is 29.1 Å². The van der Waals surface area contributed by atoms with E-state index in [1.54, 1.807) is 24.3 Å². The maximum absolute atomic E-state index is 12.8. The van der Waals surface area contributed by atoms with Crippen molar-refractivity contribution >= 4 is 12.0 Å². The highest BCUT2D eigenvalue weighted by atomic mass is 16.5. The van der Waals surface area contributed by atoms with Crippen LogP contribution in [0.3, 0.4) is 0 Å². The van der Waals surface area contributed by atoms with Crippen molar-refractivity contribution in [1.82, 2.24) is 0 Å². The van der Waals surface area contributed by atoms with Crippen molar-refractivity contribution < 1.29 is 24.5 Å². The predicted molar refractivity (Wildman–Crippen MR) is 117 cm³/mol. The number of hydrogen-bond donors (Lipinski definition) is 2. The minimum absolute atomic E-state index is 0.0103. The molecular formula is C25H36O5. The van der Waals surface area contributed by atoms with Crippen LogP contribution in [0.5, 0.6) is 11.5 Å². The van der Waals surface area contributed by atoms with E-state index >= 15 is 0 Å². The summed E-state index contributed by atoms with van der Waals surface area (Å²) in [6.07, 6.45) is 7.62. The number of carbonyl (C=O) groups is 1. The Balaban J connectivity index is 1.81. The average molecular weight is 417 g/mol. The molecular weight excluding hydrogens is 380 g/mol. The second-order valence-electron chi connectivity index (χ2n) is 9.96. The molecule has 5 atom stereocenters. The summed E-state index contributed by atoms with van der Waals surface area (Å²) in [5.41, 5.74) is -0.163. The number of rotatable bonds is 5. The minimum atomic E-state index is -0.836. The van der Waals surface area contributed by atoms with Crippen molar-refractivity contribution in [3.05, 3.63) is 29.8 Å². The monoisotopic (exact) mass is 416 g/mol. The van der Waals surface area contributed by atoms with Crippen molar-refractivity contribution in [2.45, 2.75) is 71.5 Å². The molecule has 1 aromatic carbocycles. The van der Waals surface area contributed by atoms with Crippen LogP contribution in [0.2, 0.25) is 0 Å². The number of ether oxygens (including phenoxy) is 2. The maximum atomic E-state index is 12.8. The van der Waals surface area contributed by atoms with Gasteiger partial charge in [0.05, 0.1) is 12.7 Å². The molecule has 0 aliphatic heterocycles. The molecule has 0 unspecified atom stereocenters. The summed E-state index contributed by atoms with van der Waals surface area (Å²) in [6, 6.07) is 4.97. The molecule has 0 heterocycles. The smallest absolute Gasteiger partial charge is 0.331 e. The predicted octanol–water partition coefficient (Wildman–Crippen LogP) is 4.95. The van der Waals surface area contributed by atoms with Crippen LogP contribution in [0.25, 0.3) is 6.08 Å². The van der Waals surface area contributed by atoms with E-state index in [2.05, 4.69) is 20.8 Å². The molecule has 30 heavy (non-hydrogen) atoms. The molecule has 0 saturated heterocycles. The Morgan fingerprint density at radius 1 is 1.23 bits per heavy atom. The third kappa shape index (κ3) is 4.51. The third-order valence-corrected chi connectivity index (χ3v) is 7.37. The van der Waals surface area contributed by atoms with Crippen LogP contribution in [-0.4, -0.2) is 35.0 Å². The summed E-state index contributed by atoms with van der Waals surface area (Å²) in [6.45, 7) is 8.50. The number of esters is 1. The lowest BCUT2D eigenvalue weighted by Gasteiger charge is -2.57. The first-order chi connectivity index (χ1) is 14.1. The normalized spacial score (nSPS) is 34.0. The van der Waals surface area contributed by atoms with Crippen LogP contribution in [0.15, 0.2) is 24.3 Å². The highest BCUT2D eigenvalue weighted by Crippen LogP contribution is 2.57. The highest BCUT2D eigenvalue weighted by Gasteiger charge is 2.57. The second kappa shape index (κ2) is 8.62. The van der Waals surface area contributed by atoms with Gasteiger partial charge in [-0.15, -0.1) is 0 Å². The van der Waals surface area contributed by atoms with Gasteiger partial charge in [0.15, 0.2) is 11.5 Å². The van der Waals surface area contributed by atoms with Crippen LogP contribution < -0.4 is 4.74 Å². The molecule has 0 amide bonds. The molecule has 166 valence electrons. The van der Waals surface area contributed by atoms with E-state index < -0.39 is 11.6 Å². The van der Waals surface area contributed by atoms with Crippen molar-refractivity contribution in [3.63, 3.8) is 0 Å². The number of phenols is 1. The molecule has 2 aliphatic carbocycles. The molecule has 1 aromatic rings. The number of fused-ring (bicyclic) bond motifs is 1. The molecule has 0 spiro atoms. The lowest BCUT2D eigenvalue weighted by molar-refractivity contribution is -0.201. The van der Waals surface area contributed by atoms with Crippen LogP contribution in [0.4, 0.5) is 0 Å². The lowest BCUT2D eigenvalue weighted by Crippen LogP contribution is -2.59. The van der Waals surface area contributed by atoms with Crippen LogP contribution >= 0.6 is 0 Å². The number of carbonyl (C=O) groups excluding carboxylic acids is 1. The molecule has 0 aromatic heterocycles. The summed E-state index contributed by atoms with van der Waals surface area (Å²) in [7, 11) is 1.49. The standard InChI is InChI=1S/C25H36O5/c1-16(2)18-11-14-24(3)12-6-13-25(4,28)23(24)22(18)30-21(27)10-8-17-7-9-20(29-5)19(26)15-17/h7-10,15-16,18,22-23,26,28H,6,11-14H2,1-5H3/t18-,22+,23+,24+,25-/m0/s1. The van der Waals surface area contributed by atoms with Gasteiger partial charge in [-0.1, -0.05) is 33.3 Å². The molecule has 5 nitrogen and oxygen atoms in total. The molecule has 2 fully saturated rings. The maximum Gasteiger partial charge on any atom is 0.331 e. The topological polar surface area (TPSA) is 76.0 Å². The Hall–Kier alpha value is -2.01. The number of benzene rings is 1. The number of aliphatic hydroxyl groups is 1. The summed E-state index contributed by atoms with van der Waals surface area (Å²) < 4.78 is 11.1. The fraction of sp³-hybridized carbons (Fsp3) is 0.640. The molecule has 2 aliphatic rings. The minimum Gasteiger partial charge on any atom is -0.504 e. The summed E-state index contributed by atoms with van der Waals surface area (Å²) >= 11 is 0. The first kappa shape index (κ1) is 22.7. The molecule has 0 radical (unpaired) electrons. The van der Waals surface area contributed by atoms with Gasteiger partial charge in [0.1, 0.15) is 6.10 Å². The van der Waals surface area contributed by atoms with Crippen molar-refractivity contribution in [1.29, 1.82) is 0 Å². The van der Waals surface area contributed by atoms with Gasteiger partial charge in [0.2, 0.25) is 0 Å². The Labute approximate surface area is 180 Å². The Bertz CT molecular complexity index is 797. The van der Waals surface area contributed by atoms with E-state index in [0.717, 1.165) is 32.1 Å². The van der Waals surface area contributed by atoms with Gasteiger partial charge >= 0.3 is 5.97 Å². The average Bonchev–Trinajstić information content (AvgIpc) is 2.65. The van der Waals surface area contributed by atoms with Gasteiger partial charge in [0, 0.05) is 12.0 Å². The summed E-state index contributed by atoms with van der Waals surface area (Å²) in [5.74, 6) is 0.529. The molecule has 0 bridgehead atoms. The van der Waals surface area contributed by atoms with Crippen LogP contribution in [0.1, 0.15) is 65.4 Å². The van der Waals surface area contributed by atoms with E-state index in [0.29, 0.717) is 17.2 Å². The van der Waals surface area contributed by atoms with Crippen molar-refractivity contribution in [2.75, 3.05) is 7.11 Å². The third-order valence-electron chi connectivity index (χ3n) is 7.37. The Kier molecular flexibility index (Phi) is 6.51. The van der Waals surface area contributed by atoms with Crippen LogP contribution in [0, 0.1) is 23.2 Å². The zero-order valence-electron chi connectivity index (χ0n) is 18.9. The molecule has 3 rings (SSSR count). The Morgan fingerprint density at radius 3 is 2.60 bits per heavy atom.